The highest BCUT2D eigenvalue weighted by Crippen LogP contribution is 2.36. The van der Waals surface area contributed by atoms with Crippen molar-refractivity contribution in [1.29, 1.82) is 0 Å². The van der Waals surface area contributed by atoms with E-state index in [2.05, 4.69) is 26.7 Å². The number of aryl methyl sites for hydroxylation is 1. The van der Waals surface area contributed by atoms with Crippen LogP contribution in [0.5, 0.6) is 5.75 Å². The van der Waals surface area contributed by atoms with Crippen molar-refractivity contribution in [2.24, 2.45) is 0 Å². The molecular weight excluding hydrogens is 405 g/mol. The summed E-state index contributed by atoms with van der Waals surface area (Å²) in [6.07, 6.45) is 5.69. The third kappa shape index (κ3) is 3.41. The molecule has 1 atom stereocenters. The van der Waals surface area contributed by atoms with Crippen molar-refractivity contribution in [2.75, 3.05) is 7.11 Å². The van der Waals surface area contributed by atoms with Crippen LogP contribution in [-0.4, -0.2) is 31.4 Å². The van der Waals surface area contributed by atoms with E-state index < -0.39 is 0 Å². The zero-order valence-corrected chi connectivity index (χ0v) is 18.0. The number of imidazole rings is 1. The van der Waals surface area contributed by atoms with Crippen LogP contribution in [0.1, 0.15) is 24.2 Å². The lowest BCUT2D eigenvalue weighted by molar-refractivity contribution is 0.413. The molecule has 32 heavy (non-hydrogen) atoms. The van der Waals surface area contributed by atoms with Crippen molar-refractivity contribution in [3.63, 3.8) is 0 Å². The lowest BCUT2D eigenvalue weighted by atomic mass is 10.0. The number of fused-ring (bicyclic) bond motifs is 1. The Bertz CT molecular complexity index is 1360. The molecule has 3 aromatic rings. The molecule has 0 amide bonds. The Morgan fingerprint density at radius 1 is 1.03 bits per heavy atom. The Morgan fingerprint density at radius 3 is 2.56 bits per heavy atom. The molecule has 0 saturated heterocycles. The van der Waals surface area contributed by atoms with Gasteiger partial charge in [0.2, 0.25) is 0 Å². The van der Waals surface area contributed by atoms with Gasteiger partial charge in [-0.3, -0.25) is 0 Å². The average molecular weight is 427 g/mol. The van der Waals surface area contributed by atoms with E-state index in [9.17, 15) is 4.39 Å². The van der Waals surface area contributed by atoms with E-state index in [4.69, 9.17) is 4.74 Å². The van der Waals surface area contributed by atoms with Crippen LogP contribution in [0.25, 0.3) is 28.3 Å². The summed E-state index contributed by atoms with van der Waals surface area (Å²) in [5.74, 6) is 1.25. The smallest absolute Gasteiger partial charge is 0.165 e. The van der Waals surface area contributed by atoms with Gasteiger partial charge in [0, 0.05) is 23.5 Å². The highest BCUT2D eigenvalue weighted by Gasteiger charge is 2.21. The summed E-state index contributed by atoms with van der Waals surface area (Å²) in [5, 5.41) is 8.97. The van der Waals surface area contributed by atoms with Crippen molar-refractivity contribution in [3.05, 3.63) is 90.4 Å². The number of ether oxygens (including phenoxy) is 1. The van der Waals surface area contributed by atoms with Gasteiger partial charge in [0.25, 0.3) is 0 Å². The maximum absolute atomic E-state index is 13.4. The van der Waals surface area contributed by atoms with Crippen LogP contribution < -0.4 is 4.74 Å². The van der Waals surface area contributed by atoms with Crippen LogP contribution in [0.3, 0.4) is 0 Å². The third-order valence-electron chi connectivity index (χ3n) is 5.71. The predicted octanol–water partition coefficient (Wildman–Crippen LogP) is 5.30. The maximum Gasteiger partial charge on any atom is 0.165 e. The van der Waals surface area contributed by atoms with E-state index in [1.54, 1.807) is 25.6 Å². The SMILES string of the molecule is COc1cc(-c2nnc3n([C@H](C)c4ccc(F)cc4)cccc2-3)ccc1-n1cnc(C)c1. The first-order valence-electron chi connectivity index (χ1n) is 10.3. The molecule has 0 saturated carbocycles. The number of aromatic nitrogens is 5. The Hall–Kier alpha value is -4.00. The largest absolute Gasteiger partial charge is 0.495 e. The van der Waals surface area contributed by atoms with Gasteiger partial charge in [-0.2, -0.15) is 0 Å². The van der Waals surface area contributed by atoms with Gasteiger partial charge < -0.3 is 13.9 Å². The van der Waals surface area contributed by atoms with E-state index in [0.717, 1.165) is 45.3 Å². The molecule has 2 aromatic carbocycles. The zero-order chi connectivity index (χ0) is 22.2. The minimum atomic E-state index is -0.247. The molecule has 0 spiro atoms. The number of pyridine rings is 1. The fourth-order valence-electron chi connectivity index (χ4n) is 3.98. The molecule has 7 heteroatoms. The summed E-state index contributed by atoms with van der Waals surface area (Å²) >= 11 is 0. The lowest BCUT2D eigenvalue weighted by Gasteiger charge is -2.19. The first-order chi connectivity index (χ1) is 15.5. The second kappa shape index (κ2) is 7.92. The number of hydrogen-bond acceptors (Lipinski definition) is 4. The highest BCUT2D eigenvalue weighted by atomic mass is 19.1. The Morgan fingerprint density at radius 2 is 1.84 bits per heavy atom. The molecule has 0 radical (unpaired) electrons. The van der Waals surface area contributed by atoms with Crippen molar-refractivity contribution < 1.29 is 9.13 Å². The fraction of sp³-hybridized carbons (Fsp3) is 0.160. The fourth-order valence-corrected chi connectivity index (χ4v) is 3.98. The molecule has 160 valence electrons. The van der Waals surface area contributed by atoms with E-state index in [0.29, 0.717) is 0 Å². The summed E-state index contributed by atoms with van der Waals surface area (Å²) in [6.45, 7) is 4.01. The Kier molecular flexibility index (Phi) is 4.93. The minimum Gasteiger partial charge on any atom is -0.495 e. The number of methoxy groups -OCH3 is 1. The molecule has 6 nitrogen and oxygen atoms in total. The molecule has 0 fully saturated rings. The second-order valence-electron chi connectivity index (χ2n) is 7.74. The molecule has 2 aliphatic heterocycles. The summed E-state index contributed by atoms with van der Waals surface area (Å²) in [4.78, 5) is 4.30. The molecule has 0 bridgehead atoms. The van der Waals surface area contributed by atoms with Crippen LogP contribution in [0.2, 0.25) is 0 Å². The molecule has 1 aromatic heterocycles. The molecule has 2 aliphatic rings. The highest BCUT2D eigenvalue weighted by molar-refractivity contribution is 5.80. The minimum absolute atomic E-state index is 0.0229. The normalized spacial score (nSPS) is 12.2. The first kappa shape index (κ1) is 19.9. The van der Waals surface area contributed by atoms with E-state index >= 15 is 0 Å². The molecule has 3 heterocycles. The quantitative estimate of drug-likeness (QED) is 0.382. The number of halogens is 1. The van der Waals surface area contributed by atoms with Gasteiger partial charge in [-0.15, -0.1) is 10.2 Å². The van der Waals surface area contributed by atoms with Crippen LogP contribution in [0, 0.1) is 12.7 Å². The first-order valence-corrected chi connectivity index (χ1v) is 10.3. The number of rotatable bonds is 5. The molecule has 0 unspecified atom stereocenters. The molecular formula is C25H22FN5O. The van der Waals surface area contributed by atoms with Gasteiger partial charge in [-0.1, -0.05) is 18.2 Å². The molecule has 5 rings (SSSR count). The van der Waals surface area contributed by atoms with Crippen molar-refractivity contribution >= 4 is 0 Å². The maximum atomic E-state index is 13.4. The number of benzene rings is 2. The molecule has 0 N–H and O–H groups in total. The van der Waals surface area contributed by atoms with Crippen LogP contribution >= 0.6 is 0 Å². The van der Waals surface area contributed by atoms with Crippen LogP contribution in [0.15, 0.2) is 73.3 Å². The van der Waals surface area contributed by atoms with Crippen LogP contribution in [0.4, 0.5) is 4.39 Å². The van der Waals surface area contributed by atoms with Gasteiger partial charge in [0.05, 0.1) is 30.9 Å². The van der Waals surface area contributed by atoms with Gasteiger partial charge >= 0.3 is 0 Å². The topological polar surface area (TPSA) is 57.8 Å². The summed E-state index contributed by atoms with van der Waals surface area (Å²) < 4.78 is 23.0. The van der Waals surface area contributed by atoms with Gasteiger partial charge in [0.15, 0.2) is 5.82 Å². The number of hydrogen-bond donors (Lipinski definition) is 0. The monoisotopic (exact) mass is 427 g/mol. The van der Waals surface area contributed by atoms with Gasteiger partial charge in [-0.25, -0.2) is 9.37 Å². The Labute approximate surface area is 185 Å². The number of nitrogens with zero attached hydrogens (tertiary/aromatic N) is 5. The van der Waals surface area contributed by atoms with Crippen molar-refractivity contribution in [3.8, 4) is 34.1 Å². The van der Waals surface area contributed by atoms with E-state index in [1.807, 2.05) is 54.2 Å². The van der Waals surface area contributed by atoms with Gasteiger partial charge in [0.1, 0.15) is 17.3 Å². The zero-order valence-electron chi connectivity index (χ0n) is 18.0. The van der Waals surface area contributed by atoms with Crippen molar-refractivity contribution in [1.82, 2.24) is 24.3 Å². The average Bonchev–Trinajstić information content (AvgIpc) is 3.45. The summed E-state index contributed by atoms with van der Waals surface area (Å²) in [5.41, 5.74) is 5.47. The summed E-state index contributed by atoms with van der Waals surface area (Å²) in [6, 6.07) is 16.5. The van der Waals surface area contributed by atoms with E-state index in [1.165, 1.54) is 12.1 Å². The standard InChI is InChI=1S/C25H22FN5O/c1-16-14-30(15-27-16)22-11-8-19(13-23(22)32-3)24-21-5-4-12-31(25(21)29-28-24)17(2)18-6-9-20(26)10-7-18/h4-15,17H,1-3H3/t17-/m1/s1. The van der Waals surface area contributed by atoms with Crippen molar-refractivity contribution in [2.45, 2.75) is 19.9 Å². The third-order valence-corrected chi connectivity index (χ3v) is 5.71. The predicted molar refractivity (Wildman–Crippen MR) is 121 cm³/mol. The molecule has 0 aliphatic carbocycles. The van der Waals surface area contributed by atoms with Gasteiger partial charge in [-0.05, 0) is 55.8 Å². The second-order valence-corrected chi connectivity index (χ2v) is 7.74. The Balaban J connectivity index is 1.53. The summed E-state index contributed by atoms with van der Waals surface area (Å²) in [7, 11) is 1.65. The lowest BCUT2D eigenvalue weighted by Crippen LogP contribution is -2.10. The van der Waals surface area contributed by atoms with Crippen LogP contribution in [-0.2, 0) is 0 Å². The van der Waals surface area contributed by atoms with E-state index in [-0.39, 0.29) is 11.9 Å².